The summed E-state index contributed by atoms with van der Waals surface area (Å²) in [6, 6.07) is 8.12. The SMILES string of the molecule is CCOC(=O)c1ccc(N2C(=O)CC(Sc3nnc4nc(C)cc(C)n34)C2=O)cc1. The van der Waals surface area contributed by atoms with Gasteiger partial charge in [-0.05, 0) is 51.1 Å². The molecule has 0 spiro atoms. The Hall–Kier alpha value is -3.27. The summed E-state index contributed by atoms with van der Waals surface area (Å²) in [4.78, 5) is 42.8. The molecule has 3 aromatic rings. The largest absolute Gasteiger partial charge is 0.462 e. The maximum atomic E-state index is 13.0. The molecule has 2 aromatic heterocycles. The number of hydrogen-bond acceptors (Lipinski definition) is 8. The predicted molar refractivity (Wildman–Crippen MR) is 109 cm³/mol. The van der Waals surface area contributed by atoms with Crippen LogP contribution in [0.25, 0.3) is 5.78 Å². The summed E-state index contributed by atoms with van der Waals surface area (Å²) in [5, 5.41) is 8.12. The van der Waals surface area contributed by atoms with E-state index in [0.29, 0.717) is 22.2 Å². The van der Waals surface area contributed by atoms with Crippen molar-refractivity contribution in [3.05, 3.63) is 47.3 Å². The Labute approximate surface area is 176 Å². The topological polar surface area (TPSA) is 107 Å². The molecular weight excluding hydrogens is 406 g/mol. The van der Waals surface area contributed by atoms with E-state index in [1.807, 2.05) is 19.9 Å². The lowest BCUT2D eigenvalue weighted by Gasteiger charge is -2.15. The van der Waals surface area contributed by atoms with Gasteiger partial charge in [-0.2, -0.15) is 0 Å². The average Bonchev–Trinajstić information content (AvgIpc) is 3.23. The average molecular weight is 425 g/mol. The predicted octanol–water partition coefficient (Wildman–Crippen LogP) is 2.34. The van der Waals surface area contributed by atoms with Crippen molar-refractivity contribution in [2.45, 2.75) is 37.6 Å². The number of aromatic nitrogens is 4. The van der Waals surface area contributed by atoms with Gasteiger partial charge in [-0.3, -0.25) is 14.0 Å². The van der Waals surface area contributed by atoms with Crippen LogP contribution in [0.1, 0.15) is 35.1 Å². The molecule has 10 heteroatoms. The maximum absolute atomic E-state index is 13.0. The van der Waals surface area contributed by atoms with Gasteiger partial charge in [0.05, 0.1) is 17.9 Å². The molecule has 1 saturated heterocycles. The van der Waals surface area contributed by atoms with Gasteiger partial charge in [0.2, 0.25) is 11.8 Å². The van der Waals surface area contributed by atoms with Crippen molar-refractivity contribution in [2.24, 2.45) is 0 Å². The summed E-state index contributed by atoms with van der Waals surface area (Å²) in [7, 11) is 0. The quantitative estimate of drug-likeness (QED) is 0.453. The van der Waals surface area contributed by atoms with Crippen LogP contribution in [0.2, 0.25) is 0 Å². The first kappa shape index (κ1) is 20.0. The van der Waals surface area contributed by atoms with E-state index < -0.39 is 11.2 Å². The summed E-state index contributed by atoms with van der Waals surface area (Å²) < 4.78 is 6.72. The molecule has 1 aliphatic heterocycles. The van der Waals surface area contributed by atoms with E-state index in [9.17, 15) is 14.4 Å². The smallest absolute Gasteiger partial charge is 0.338 e. The highest BCUT2D eigenvalue weighted by Crippen LogP contribution is 2.33. The Morgan fingerprint density at radius 2 is 1.93 bits per heavy atom. The second-order valence-electron chi connectivity index (χ2n) is 6.80. The van der Waals surface area contributed by atoms with Gasteiger partial charge in [0.25, 0.3) is 5.78 Å². The normalized spacial score (nSPS) is 16.5. The molecule has 1 fully saturated rings. The molecule has 1 aliphatic rings. The molecule has 2 amide bonds. The van der Waals surface area contributed by atoms with Crippen molar-refractivity contribution in [1.29, 1.82) is 0 Å². The fraction of sp³-hybridized carbons (Fsp3) is 0.300. The van der Waals surface area contributed by atoms with Gasteiger partial charge in [-0.25, -0.2) is 14.7 Å². The van der Waals surface area contributed by atoms with Crippen LogP contribution in [-0.2, 0) is 14.3 Å². The first-order valence-electron chi connectivity index (χ1n) is 9.39. The molecular formula is C20H19N5O4S. The van der Waals surface area contributed by atoms with Crippen molar-refractivity contribution in [2.75, 3.05) is 11.5 Å². The molecule has 30 heavy (non-hydrogen) atoms. The molecule has 0 bridgehead atoms. The van der Waals surface area contributed by atoms with Crippen molar-refractivity contribution in [3.8, 4) is 0 Å². The van der Waals surface area contributed by atoms with Gasteiger partial charge in [0.1, 0.15) is 5.25 Å². The number of anilines is 1. The number of thioether (sulfide) groups is 1. The molecule has 0 aliphatic carbocycles. The van der Waals surface area contributed by atoms with Gasteiger partial charge in [0.15, 0.2) is 5.16 Å². The number of rotatable bonds is 5. The van der Waals surface area contributed by atoms with Crippen molar-refractivity contribution < 1.29 is 19.1 Å². The first-order valence-corrected chi connectivity index (χ1v) is 10.3. The zero-order valence-corrected chi connectivity index (χ0v) is 17.5. The molecule has 1 aromatic carbocycles. The molecule has 1 unspecified atom stereocenters. The van der Waals surface area contributed by atoms with Crippen LogP contribution in [0.15, 0.2) is 35.5 Å². The lowest BCUT2D eigenvalue weighted by atomic mass is 10.2. The van der Waals surface area contributed by atoms with E-state index in [1.54, 1.807) is 23.5 Å². The lowest BCUT2D eigenvalue weighted by Crippen LogP contribution is -2.31. The van der Waals surface area contributed by atoms with Crippen molar-refractivity contribution in [1.82, 2.24) is 19.6 Å². The van der Waals surface area contributed by atoms with Crippen LogP contribution >= 0.6 is 11.8 Å². The second-order valence-corrected chi connectivity index (χ2v) is 7.97. The minimum atomic E-state index is -0.615. The third-order valence-corrected chi connectivity index (χ3v) is 5.78. The Kier molecular flexibility index (Phi) is 5.25. The molecule has 154 valence electrons. The standard InChI is InChI=1S/C20H19N5O4S/c1-4-29-18(28)13-5-7-14(8-6-13)25-16(26)10-15(17(25)27)30-20-23-22-19-21-11(2)9-12(3)24(19)20/h5-9,15H,4,10H2,1-3H3. The number of amides is 2. The Balaban J connectivity index is 1.56. The van der Waals surface area contributed by atoms with Crippen LogP contribution in [0.3, 0.4) is 0 Å². The number of benzene rings is 1. The van der Waals surface area contributed by atoms with E-state index in [0.717, 1.165) is 16.3 Å². The maximum Gasteiger partial charge on any atom is 0.338 e. The molecule has 0 radical (unpaired) electrons. The van der Waals surface area contributed by atoms with E-state index in [-0.39, 0.29) is 24.8 Å². The summed E-state index contributed by atoms with van der Waals surface area (Å²) in [5.74, 6) is -0.628. The molecule has 3 heterocycles. The Bertz CT molecular complexity index is 1160. The van der Waals surface area contributed by atoms with Gasteiger partial charge in [0, 0.05) is 17.8 Å². The van der Waals surface area contributed by atoms with Gasteiger partial charge in [-0.15, -0.1) is 10.2 Å². The number of aryl methyl sites for hydroxylation is 2. The number of nitrogens with zero attached hydrogens (tertiary/aromatic N) is 5. The highest BCUT2D eigenvalue weighted by Gasteiger charge is 2.41. The number of carbonyl (C=O) groups excluding carboxylic acids is 3. The monoisotopic (exact) mass is 425 g/mol. The summed E-state index contributed by atoms with van der Waals surface area (Å²) in [5.41, 5.74) is 2.50. The first-order chi connectivity index (χ1) is 14.4. The summed E-state index contributed by atoms with van der Waals surface area (Å²) >= 11 is 1.20. The molecule has 1 atom stereocenters. The zero-order chi connectivity index (χ0) is 21.4. The summed E-state index contributed by atoms with van der Waals surface area (Å²) in [6.07, 6.45) is 0.0520. The second kappa shape index (κ2) is 7.86. The van der Waals surface area contributed by atoms with Crippen LogP contribution in [-0.4, -0.2) is 49.2 Å². The number of hydrogen-bond donors (Lipinski definition) is 0. The lowest BCUT2D eigenvalue weighted by molar-refractivity contribution is -0.121. The number of ether oxygens (including phenoxy) is 1. The number of fused-ring (bicyclic) bond motifs is 1. The highest BCUT2D eigenvalue weighted by atomic mass is 32.2. The molecule has 0 saturated carbocycles. The van der Waals surface area contributed by atoms with Crippen LogP contribution in [0.4, 0.5) is 5.69 Å². The number of imide groups is 1. The van der Waals surface area contributed by atoms with E-state index in [2.05, 4.69) is 15.2 Å². The molecule has 4 rings (SSSR count). The third-order valence-electron chi connectivity index (χ3n) is 4.65. The Morgan fingerprint density at radius 1 is 1.20 bits per heavy atom. The molecule has 0 N–H and O–H groups in total. The van der Waals surface area contributed by atoms with Gasteiger partial charge >= 0.3 is 5.97 Å². The van der Waals surface area contributed by atoms with Crippen LogP contribution < -0.4 is 4.90 Å². The van der Waals surface area contributed by atoms with Gasteiger partial charge < -0.3 is 4.74 Å². The van der Waals surface area contributed by atoms with Gasteiger partial charge in [-0.1, -0.05) is 11.8 Å². The van der Waals surface area contributed by atoms with E-state index in [1.165, 1.54) is 23.9 Å². The fourth-order valence-corrected chi connectivity index (χ4v) is 4.44. The fourth-order valence-electron chi connectivity index (χ4n) is 3.33. The van der Waals surface area contributed by atoms with Crippen LogP contribution in [0, 0.1) is 13.8 Å². The minimum absolute atomic E-state index is 0.0520. The minimum Gasteiger partial charge on any atom is -0.462 e. The summed E-state index contributed by atoms with van der Waals surface area (Å²) in [6.45, 7) is 5.78. The Morgan fingerprint density at radius 3 is 2.63 bits per heavy atom. The van der Waals surface area contributed by atoms with Crippen molar-refractivity contribution >= 4 is 41.0 Å². The third kappa shape index (κ3) is 3.54. The van der Waals surface area contributed by atoms with E-state index in [4.69, 9.17) is 4.74 Å². The van der Waals surface area contributed by atoms with Crippen molar-refractivity contribution in [3.63, 3.8) is 0 Å². The number of carbonyl (C=O) groups is 3. The van der Waals surface area contributed by atoms with E-state index >= 15 is 0 Å². The zero-order valence-electron chi connectivity index (χ0n) is 16.7. The van der Waals surface area contributed by atoms with Crippen LogP contribution in [0.5, 0.6) is 0 Å². The number of esters is 1. The highest BCUT2D eigenvalue weighted by molar-refractivity contribution is 8.00. The molecule has 9 nitrogen and oxygen atoms in total.